The molecule has 0 bridgehead atoms. The lowest BCUT2D eigenvalue weighted by Gasteiger charge is -2.06. The molecule has 0 radical (unpaired) electrons. The summed E-state index contributed by atoms with van der Waals surface area (Å²) < 4.78 is 0. The maximum atomic E-state index is 10.5. The van der Waals surface area contributed by atoms with Crippen LogP contribution in [0.3, 0.4) is 0 Å². The Kier molecular flexibility index (Phi) is 10.3. The van der Waals surface area contributed by atoms with Crippen molar-refractivity contribution >= 4 is 11.9 Å². The van der Waals surface area contributed by atoms with Crippen molar-refractivity contribution < 1.29 is 49.4 Å². The van der Waals surface area contributed by atoms with Gasteiger partial charge in [0.2, 0.25) is 0 Å². The van der Waals surface area contributed by atoms with Gasteiger partial charge in [-0.2, -0.15) is 0 Å². The first kappa shape index (κ1) is 20.0. The average molecular weight is 346 g/mol. The van der Waals surface area contributed by atoms with Gasteiger partial charge in [-0.1, -0.05) is 22.2 Å². The first-order valence-corrected chi connectivity index (χ1v) is 7.00. The summed E-state index contributed by atoms with van der Waals surface area (Å²) in [6, 6.07) is 5.48. The van der Waals surface area contributed by atoms with E-state index in [1.807, 2.05) is 0 Å². The molecule has 0 amide bonds. The number of aromatic carboxylic acids is 2. The van der Waals surface area contributed by atoms with Crippen molar-refractivity contribution in [3.8, 4) is 0 Å². The molecule has 2 aliphatic heterocycles. The topological polar surface area (TPSA) is 130 Å². The Labute approximate surface area is 137 Å². The number of carboxylic acid groups (broad SMARTS) is 2. The molecule has 0 unspecified atom stereocenters. The van der Waals surface area contributed by atoms with E-state index in [-0.39, 0.29) is 11.1 Å². The number of carbonyl (C=O) groups is 2. The van der Waals surface area contributed by atoms with Gasteiger partial charge in [0.05, 0.1) is 37.6 Å². The van der Waals surface area contributed by atoms with Gasteiger partial charge in [0.15, 0.2) is 0 Å². The first-order chi connectivity index (χ1) is 11.6. The molecule has 0 aliphatic carbocycles. The zero-order chi connectivity index (χ0) is 17.6. The molecule has 2 saturated heterocycles. The second-order valence-corrected chi connectivity index (χ2v) is 4.29. The van der Waals surface area contributed by atoms with Crippen LogP contribution in [0.2, 0.25) is 0 Å². The van der Waals surface area contributed by atoms with E-state index in [0.29, 0.717) is 26.4 Å². The quantitative estimate of drug-likeness (QED) is 0.762. The predicted molar refractivity (Wildman–Crippen MR) is 75.6 cm³/mol. The fourth-order valence-corrected chi connectivity index (χ4v) is 1.41. The molecule has 2 heterocycles. The van der Waals surface area contributed by atoms with E-state index in [2.05, 4.69) is 29.6 Å². The van der Waals surface area contributed by atoms with Crippen LogP contribution >= 0.6 is 0 Å². The van der Waals surface area contributed by atoms with Crippen LogP contribution in [0.25, 0.3) is 0 Å². The van der Waals surface area contributed by atoms with E-state index < -0.39 is 11.9 Å². The van der Waals surface area contributed by atoms with E-state index in [0.717, 1.165) is 12.8 Å². The minimum absolute atomic E-state index is 0.190. The van der Waals surface area contributed by atoms with Crippen LogP contribution in [0.4, 0.5) is 0 Å². The standard InChI is InChI=1S/C8H6O4.2C3H6O3/c9-7(10)5-3-1-2-4-6(5)8(11)12;2*1-2-4-6-5-3-1/h1-4H,(H,9,10)(H,11,12);2*1-3H2. The van der Waals surface area contributed by atoms with Gasteiger partial charge in [-0.15, -0.1) is 0 Å². The van der Waals surface area contributed by atoms with Gasteiger partial charge in [0.1, 0.15) is 0 Å². The zero-order valence-electron chi connectivity index (χ0n) is 12.7. The monoisotopic (exact) mass is 346 g/mol. The third-order valence-electron chi connectivity index (χ3n) is 2.49. The predicted octanol–water partition coefficient (Wildman–Crippen LogP) is 1.62. The molecule has 134 valence electrons. The fraction of sp³-hybridized carbons (Fsp3) is 0.429. The normalized spacial score (nSPS) is 16.7. The van der Waals surface area contributed by atoms with Gasteiger partial charge in [0, 0.05) is 12.8 Å². The Balaban J connectivity index is 0.000000200. The van der Waals surface area contributed by atoms with E-state index >= 15 is 0 Å². The summed E-state index contributed by atoms with van der Waals surface area (Å²) in [6.45, 7) is 2.61. The molecular weight excluding hydrogens is 328 g/mol. The number of benzene rings is 1. The molecule has 2 fully saturated rings. The molecule has 1 aromatic carbocycles. The molecular formula is C14H18O10. The zero-order valence-corrected chi connectivity index (χ0v) is 12.7. The maximum Gasteiger partial charge on any atom is 0.336 e. The summed E-state index contributed by atoms with van der Waals surface area (Å²) >= 11 is 0. The van der Waals surface area contributed by atoms with Crippen LogP contribution in [0, 0.1) is 0 Å². The molecule has 2 aliphatic rings. The highest BCUT2D eigenvalue weighted by molar-refractivity contribution is 6.01. The van der Waals surface area contributed by atoms with Crippen molar-refractivity contribution in [2.45, 2.75) is 12.8 Å². The van der Waals surface area contributed by atoms with Crippen LogP contribution in [-0.4, -0.2) is 48.6 Å². The van der Waals surface area contributed by atoms with Gasteiger partial charge >= 0.3 is 11.9 Å². The molecule has 1 aromatic rings. The molecule has 0 aromatic heterocycles. The Bertz CT molecular complexity index is 428. The number of rotatable bonds is 2. The highest BCUT2D eigenvalue weighted by Crippen LogP contribution is 2.07. The van der Waals surface area contributed by atoms with Crippen molar-refractivity contribution in [1.82, 2.24) is 0 Å². The highest BCUT2D eigenvalue weighted by Gasteiger charge is 2.13. The second-order valence-electron chi connectivity index (χ2n) is 4.29. The van der Waals surface area contributed by atoms with Crippen molar-refractivity contribution in [3.63, 3.8) is 0 Å². The molecule has 3 rings (SSSR count). The first-order valence-electron chi connectivity index (χ1n) is 7.00. The Morgan fingerprint density at radius 1 is 0.708 bits per heavy atom. The molecule has 10 heteroatoms. The van der Waals surface area contributed by atoms with Crippen molar-refractivity contribution in [3.05, 3.63) is 35.4 Å². The Morgan fingerprint density at radius 2 is 1.04 bits per heavy atom. The van der Waals surface area contributed by atoms with E-state index in [4.69, 9.17) is 10.2 Å². The average Bonchev–Trinajstić information content (AvgIpc) is 2.65. The third kappa shape index (κ3) is 8.53. The van der Waals surface area contributed by atoms with E-state index in [1.54, 1.807) is 0 Å². The third-order valence-corrected chi connectivity index (χ3v) is 2.49. The lowest BCUT2D eigenvalue weighted by atomic mass is 10.1. The number of carboxylic acids is 2. The summed E-state index contributed by atoms with van der Waals surface area (Å²) in [5.74, 6) is -2.46. The second kappa shape index (κ2) is 12.4. The molecule has 10 nitrogen and oxygen atoms in total. The molecule has 0 saturated carbocycles. The maximum absolute atomic E-state index is 10.5. The van der Waals surface area contributed by atoms with Crippen LogP contribution in [0.15, 0.2) is 24.3 Å². The van der Waals surface area contributed by atoms with Crippen LogP contribution in [0.1, 0.15) is 33.6 Å². The number of hydrogen-bond donors (Lipinski definition) is 2. The van der Waals surface area contributed by atoms with Gasteiger partial charge in [-0.3, -0.25) is 0 Å². The number of hydrogen-bond acceptors (Lipinski definition) is 8. The van der Waals surface area contributed by atoms with Crippen LogP contribution < -0.4 is 0 Å². The SMILES string of the molecule is C1COOOC1.C1COOOC1.O=C(O)c1ccccc1C(=O)O. The summed E-state index contributed by atoms with van der Waals surface area (Å²) in [4.78, 5) is 38.3. The van der Waals surface area contributed by atoms with E-state index in [1.165, 1.54) is 24.3 Å². The lowest BCUT2D eigenvalue weighted by molar-refractivity contribution is -0.532. The van der Waals surface area contributed by atoms with Gasteiger partial charge < -0.3 is 10.2 Å². The van der Waals surface area contributed by atoms with Gasteiger partial charge in [-0.05, 0) is 12.1 Å². The van der Waals surface area contributed by atoms with Crippen molar-refractivity contribution in [1.29, 1.82) is 0 Å². The van der Waals surface area contributed by atoms with Crippen LogP contribution in [-0.2, 0) is 29.6 Å². The summed E-state index contributed by atoms with van der Waals surface area (Å²) in [7, 11) is 0. The minimum Gasteiger partial charge on any atom is -0.478 e. The molecule has 2 N–H and O–H groups in total. The molecule has 0 atom stereocenters. The molecule has 24 heavy (non-hydrogen) atoms. The van der Waals surface area contributed by atoms with Gasteiger partial charge in [0.25, 0.3) is 0 Å². The van der Waals surface area contributed by atoms with Crippen molar-refractivity contribution in [2.75, 3.05) is 26.4 Å². The summed E-state index contributed by atoms with van der Waals surface area (Å²) in [6.07, 6.45) is 1.86. The summed E-state index contributed by atoms with van der Waals surface area (Å²) in [5, 5.41) is 25.2. The Morgan fingerprint density at radius 3 is 1.21 bits per heavy atom. The van der Waals surface area contributed by atoms with Crippen molar-refractivity contribution in [2.24, 2.45) is 0 Å². The smallest absolute Gasteiger partial charge is 0.336 e. The highest BCUT2D eigenvalue weighted by atomic mass is 17.5. The van der Waals surface area contributed by atoms with Gasteiger partial charge in [-0.25, -0.2) is 29.1 Å². The molecule has 0 spiro atoms. The van der Waals surface area contributed by atoms with E-state index in [9.17, 15) is 9.59 Å². The summed E-state index contributed by atoms with van der Waals surface area (Å²) in [5.41, 5.74) is -0.380. The lowest BCUT2D eigenvalue weighted by Crippen LogP contribution is -2.08. The minimum atomic E-state index is -1.23. The van der Waals surface area contributed by atoms with Crippen LogP contribution in [0.5, 0.6) is 0 Å². The Hall–Kier alpha value is -2.08. The fourth-order valence-electron chi connectivity index (χ4n) is 1.41. The largest absolute Gasteiger partial charge is 0.478 e.